The zero-order valence-electron chi connectivity index (χ0n) is 10.4. The number of nitrogens with zero attached hydrogens (tertiary/aromatic N) is 1. The van der Waals surface area contributed by atoms with Crippen molar-refractivity contribution < 1.29 is 18.3 Å². The lowest BCUT2D eigenvalue weighted by Crippen LogP contribution is -2.28. The van der Waals surface area contributed by atoms with Crippen LogP contribution in [0.3, 0.4) is 0 Å². The molecule has 0 saturated heterocycles. The van der Waals surface area contributed by atoms with Gasteiger partial charge < -0.3 is 4.74 Å². The third-order valence-electron chi connectivity index (χ3n) is 2.55. The van der Waals surface area contributed by atoms with Crippen molar-refractivity contribution in [3.05, 3.63) is 29.3 Å². The van der Waals surface area contributed by atoms with E-state index in [4.69, 9.17) is 0 Å². The number of benzene rings is 1. The maximum atomic E-state index is 13.9. The van der Waals surface area contributed by atoms with Crippen molar-refractivity contribution in [2.45, 2.75) is 25.7 Å². The second-order valence-corrected chi connectivity index (χ2v) is 5.08. The fourth-order valence-electron chi connectivity index (χ4n) is 1.49. The van der Waals surface area contributed by atoms with Crippen LogP contribution in [0.5, 0.6) is 0 Å². The molecule has 0 amide bonds. The van der Waals surface area contributed by atoms with E-state index in [2.05, 4.69) is 9.72 Å². The monoisotopic (exact) mass is 285 g/mol. The fraction of sp³-hybridized carbons (Fsp3) is 0.385. The number of carbonyl (C=O) groups excluding carboxylic acids is 1. The lowest BCUT2D eigenvalue weighted by Gasteiger charge is -2.12. The number of aromatic nitrogens is 1. The summed E-state index contributed by atoms with van der Waals surface area (Å²) in [5, 5.41) is -0.518. The molecule has 0 unspecified atom stereocenters. The van der Waals surface area contributed by atoms with Crippen LogP contribution >= 0.6 is 11.3 Å². The minimum absolute atomic E-state index is 0.00974. The van der Waals surface area contributed by atoms with Crippen LogP contribution in [0.2, 0.25) is 0 Å². The average molecular weight is 285 g/mol. The van der Waals surface area contributed by atoms with Crippen molar-refractivity contribution in [2.24, 2.45) is 0 Å². The Balaban J connectivity index is 2.20. The molecule has 0 aliphatic heterocycles. The Morgan fingerprint density at radius 2 is 2.16 bits per heavy atom. The highest BCUT2D eigenvalue weighted by Gasteiger charge is 2.46. The summed E-state index contributed by atoms with van der Waals surface area (Å²) in [5.41, 5.74) is 0.462. The summed E-state index contributed by atoms with van der Waals surface area (Å²) in [6, 6.07) is 6.77. The molecule has 6 heteroatoms. The van der Waals surface area contributed by atoms with Crippen molar-refractivity contribution >= 4 is 27.5 Å². The zero-order chi connectivity index (χ0) is 13.9. The highest BCUT2D eigenvalue weighted by Crippen LogP contribution is 2.35. The summed E-state index contributed by atoms with van der Waals surface area (Å²) >= 11 is 0.810. The van der Waals surface area contributed by atoms with Crippen LogP contribution in [-0.4, -0.2) is 17.6 Å². The number of fused-ring (bicyclic) bond motifs is 1. The number of halogens is 2. The van der Waals surface area contributed by atoms with Gasteiger partial charge in [0.2, 0.25) is 0 Å². The van der Waals surface area contributed by atoms with E-state index in [0.29, 0.717) is 16.6 Å². The van der Waals surface area contributed by atoms with Gasteiger partial charge in [0, 0.05) is 0 Å². The summed E-state index contributed by atoms with van der Waals surface area (Å²) < 4.78 is 33.0. The molecule has 1 aromatic carbocycles. The molecule has 0 fully saturated rings. The van der Waals surface area contributed by atoms with Gasteiger partial charge in [-0.15, -0.1) is 11.3 Å². The Morgan fingerprint density at radius 1 is 1.42 bits per heavy atom. The van der Waals surface area contributed by atoms with Gasteiger partial charge >= 0.3 is 11.9 Å². The Kier molecular flexibility index (Phi) is 4.09. The van der Waals surface area contributed by atoms with E-state index in [1.54, 1.807) is 24.3 Å². The molecule has 1 aromatic heterocycles. The number of carbonyl (C=O) groups is 1. The van der Waals surface area contributed by atoms with Gasteiger partial charge in [0.25, 0.3) is 0 Å². The molecule has 0 saturated carbocycles. The Bertz CT molecular complexity index is 550. The number of esters is 1. The summed E-state index contributed by atoms with van der Waals surface area (Å²) in [5.74, 6) is -5.21. The first-order valence-electron chi connectivity index (χ1n) is 5.96. The molecular weight excluding hydrogens is 272 g/mol. The first-order chi connectivity index (χ1) is 9.05. The number of para-hydroxylation sites is 1. The van der Waals surface area contributed by atoms with Gasteiger partial charge in [-0.05, 0) is 18.6 Å². The number of hydrogen-bond donors (Lipinski definition) is 0. The molecule has 1 heterocycles. The van der Waals surface area contributed by atoms with Crippen LogP contribution in [0.4, 0.5) is 8.78 Å². The topological polar surface area (TPSA) is 39.2 Å². The van der Waals surface area contributed by atoms with Crippen molar-refractivity contribution in [2.75, 3.05) is 6.61 Å². The first-order valence-corrected chi connectivity index (χ1v) is 6.78. The average Bonchev–Trinajstić information content (AvgIpc) is 2.83. The van der Waals surface area contributed by atoms with Crippen LogP contribution in [-0.2, 0) is 15.5 Å². The van der Waals surface area contributed by atoms with Crippen molar-refractivity contribution in [1.29, 1.82) is 0 Å². The molecule has 3 nitrogen and oxygen atoms in total. The van der Waals surface area contributed by atoms with Gasteiger partial charge in [-0.1, -0.05) is 25.5 Å². The molecule has 0 aliphatic rings. The van der Waals surface area contributed by atoms with E-state index in [1.165, 1.54) is 0 Å². The van der Waals surface area contributed by atoms with Crippen molar-refractivity contribution in [3.63, 3.8) is 0 Å². The Labute approximate surface area is 113 Å². The number of rotatable bonds is 5. The van der Waals surface area contributed by atoms with E-state index in [0.717, 1.165) is 17.8 Å². The molecule has 2 rings (SSSR count). The van der Waals surface area contributed by atoms with Crippen LogP contribution < -0.4 is 0 Å². The smallest absolute Gasteiger partial charge is 0.393 e. The maximum Gasteiger partial charge on any atom is 0.393 e. The number of hydrogen-bond acceptors (Lipinski definition) is 4. The molecule has 0 bridgehead atoms. The number of alkyl halides is 2. The molecule has 0 radical (unpaired) electrons. The van der Waals surface area contributed by atoms with Gasteiger partial charge in [0.05, 0.1) is 16.8 Å². The maximum absolute atomic E-state index is 13.9. The van der Waals surface area contributed by atoms with Gasteiger partial charge in [0.15, 0.2) is 5.01 Å². The standard InChI is InChI=1S/C13H13F2NO2S/c1-2-3-8-18-12(17)13(14,15)11-16-9-6-4-5-7-10(9)19-11/h4-7H,2-3,8H2,1H3. The highest BCUT2D eigenvalue weighted by atomic mass is 32.1. The zero-order valence-corrected chi connectivity index (χ0v) is 11.2. The summed E-state index contributed by atoms with van der Waals surface area (Å²) in [6.07, 6.45) is 1.35. The van der Waals surface area contributed by atoms with E-state index in [-0.39, 0.29) is 6.61 Å². The van der Waals surface area contributed by atoms with E-state index in [1.807, 2.05) is 6.92 Å². The van der Waals surface area contributed by atoms with E-state index < -0.39 is 16.9 Å². The molecule has 19 heavy (non-hydrogen) atoms. The molecule has 0 N–H and O–H groups in total. The predicted molar refractivity (Wildman–Crippen MR) is 69.4 cm³/mol. The Morgan fingerprint density at radius 3 is 2.84 bits per heavy atom. The van der Waals surface area contributed by atoms with Gasteiger partial charge in [0.1, 0.15) is 0 Å². The minimum atomic E-state index is -3.68. The molecule has 0 atom stereocenters. The van der Waals surface area contributed by atoms with E-state index in [9.17, 15) is 13.6 Å². The van der Waals surface area contributed by atoms with Crippen LogP contribution in [0, 0.1) is 0 Å². The van der Waals surface area contributed by atoms with Crippen molar-refractivity contribution in [3.8, 4) is 0 Å². The van der Waals surface area contributed by atoms with Crippen molar-refractivity contribution in [1.82, 2.24) is 4.98 Å². The number of ether oxygens (including phenoxy) is 1. The van der Waals surface area contributed by atoms with Gasteiger partial charge in [-0.25, -0.2) is 9.78 Å². The molecule has 102 valence electrons. The number of thiazole rings is 1. The second-order valence-electron chi connectivity index (χ2n) is 4.05. The van der Waals surface area contributed by atoms with Crippen LogP contribution in [0.25, 0.3) is 10.2 Å². The van der Waals surface area contributed by atoms with Gasteiger partial charge in [-0.2, -0.15) is 8.78 Å². The van der Waals surface area contributed by atoms with E-state index >= 15 is 0 Å². The SMILES string of the molecule is CCCCOC(=O)C(F)(F)c1nc2ccccc2s1. The third kappa shape index (κ3) is 2.89. The van der Waals surface area contributed by atoms with Crippen LogP contribution in [0.15, 0.2) is 24.3 Å². The molecule has 2 aromatic rings. The lowest BCUT2D eigenvalue weighted by molar-refractivity contribution is -0.173. The third-order valence-corrected chi connectivity index (χ3v) is 3.66. The molecular formula is C13H13F2NO2S. The summed E-state index contributed by atoms with van der Waals surface area (Å²) in [6.45, 7) is 1.90. The quantitative estimate of drug-likeness (QED) is 0.620. The van der Waals surface area contributed by atoms with Crippen LogP contribution in [0.1, 0.15) is 24.8 Å². The second kappa shape index (κ2) is 5.61. The number of unbranched alkanes of at least 4 members (excludes halogenated alkanes) is 1. The molecule has 0 aliphatic carbocycles. The lowest BCUT2D eigenvalue weighted by atomic mass is 10.3. The highest BCUT2D eigenvalue weighted by molar-refractivity contribution is 7.18. The summed E-state index contributed by atoms with van der Waals surface area (Å²) in [4.78, 5) is 15.2. The fourth-order valence-corrected chi connectivity index (χ4v) is 2.42. The van der Waals surface area contributed by atoms with Gasteiger partial charge in [-0.3, -0.25) is 0 Å². The predicted octanol–water partition coefficient (Wildman–Crippen LogP) is 3.73. The normalized spacial score (nSPS) is 11.7. The Hall–Kier alpha value is -1.56. The largest absolute Gasteiger partial charge is 0.461 e. The summed E-state index contributed by atoms with van der Waals surface area (Å²) in [7, 11) is 0. The molecule has 0 spiro atoms. The minimum Gasteiger partial charge on any atom is -0.461 e. The first kappa shape index (κ1) is 13.9.